The van der Waals surface area contributed by atoms with Crippen LogP contribution >= 0.6 is 0 Å². The van der Waals surface area contributed by atoms with Crippen molar-refractivity contribution in [3.8, 4) is 0 Å². The average Bonchev–Trinajstić information content (AvgIpc) is 2.56. The van der Waals surface area contributed by atoms with Crippen LogP contribution in [0.1, 0.15) is 32.1 Å². The summed E-state index contributed by atoms with van der Waals surface area (Å²) in [7, 11) is 0. The van der Waals surface area contributed by atoms with Gasteiger partial charge >= 0.3 is 0 Å². The number of hydrogen-bond donors (Lipinski definition) is 2. The standard InChI is InChI=1S/C11H21NO2/c13-10-4-6-12(7-5-10)8-9-2-1-3-11(9)14/h9-11,13-14H,1-8H2. The first-order valence-corrected chi connectivity index (χ1v) is 5.84. The summed E-state index contributed by atoms with van der Waals surface area (Å²) in [5.74, 6) is 0.491. The minimum atomic E-state index is -0.0836. The van der Waals surface area contributed by atoms with Crippen LogP contribution in [0.25, 0.3) is 0 Å². The predicted molar refractivity (Wildman–Crippen MR) is 55.0 cm³/mol. The van der Waals surface area contributed by atoms with Crippen LogP contribution < -0.4 is 0 Å². The van der Waals surface area contributed by atoms with Gasteiger partial charge in [-0.2, -0.15) is 0 Å². The summed E-state index contributed by atoms with van der Waals surface area (Å²) in [5, 5.41) is 19.1. The maximum Gasteiger partial charge on any atom is 0.0580 e. The summed E-state index contributed by atoms with van der Waals surface area (Å²) < 4.78 is 0. The minimum Gasteiger partial charge on any atom is -0.393 e. The predicted octanol–water partition coefficient (Wildman–Crippen LogP) is 0.604. The van der Waals surface area contributed by atoms with Crippen LogP contribution in [0.5, 0.6) is 0 Å². The van der Waals surface area contributed by atoms with Gasteiger partial charge in [0.2, 0.25) is 0 Å². The fourth-order valence-electron chi connectivity index (χ4n) is 2.66. The molecule has 2 rings (SSSR count). The Kier molecular flexibility index (Phi) is 3.42. The Hall–Kier alpha value is -0.120. The van der Waals surface area contributed by atoms with Crippen LogP contribution in [0.15, 0.2) is 0 Å². The van der Waals surface area contributed by atoms with Crippen molar-refractivity contribution in [2.75, 3.05) is 19.6 Å². The van der Waals surface area contributed by atoms with Crippen molar-refractivity contribution in [2.45, 2.75) is 44.3 Å². The number of nitrogens with zero attached hydrogens (tertiary/aromatic N) is 1. The van der Waals surface area contributed by atoms with E-state index in [1.807, 2.05) is 0 Å². The molecule has 0 aromatic rings. The molecular formula is C11H21NO2. The second-order valence-electron chi connectivity index (χ2n) is 4.79. The molecule has 1 saturated heterocycles. The number of aliphatic hydroxyl groups is 2. The molecule has 3 nitrogen and oxygen atoms in total. The molecule has 0 spiro atoms. The van der Waals surface area contributed by atoms with Crippen molar-refractivity contribution >= 4 is 0 Å². The van der Waals surface area contributed by atoms with Gasteiger partial charge in [0.1, 0.15) is 0 Å². The minimum absolute atomic E-state index is 0.0677. The number of rotatable bonds is 2. The van der Waals surface area contributed by atoms with Gasteiger partial charge in [-0.05, 0) is 31.6 Å². The number of likely N-dealkylation sites (tertiary alicyclic amines) is 1. The monoisotopic (exact) mass is 199 g/mol. The van der Waals surface area contributed by atoms with Gasteiger partial charge in [0.15, 0.2) is 0 Å². The second-order valence-corrected chi connectivity index (χ2v) is 4.79. The lowest BCUT2D eigenvalue weighted by Gasteiger charge is -2.32. The molecule has 2 N–H and O–H groups in total. The van der Waals surface area contributed by atoms with Crippen molar-refractivity contribution in [3.63, 3.8) is 0 Å². The molecule has 1 aliphatic carbocycles. The van der Waals surface area contributed by atoms with Gasteiger partial charge < -0.3 is 15.1 Å². The summed E-state index contributed by atoms with van der Waals surface area (Å²) in [6, 6.07) is 0. The SMILES string of the molecule is OC1CCN(CC2CCCC2O)CC1. The molecule has 2 aliphatic rings. The zero-order valence-corrected chi connectivity index (χ0v) is 8.73. The molecule has 0 amide bonds. The topological polar surface area (TPSA) is 43.7 Å². The van der Waals surface area contributed by atoms with Crippen LogP contribution in [0, 0.1) is 5.92 Å². The molecule has 2 fully saturated rings. The zero-order valence-electron chi connectivity index (χ0n) is 8.73. The lowest BCUT2D eigenvalue weighted by atomic mass is 10.0. The third kappa shape index (κ3) is 2.47. The summed E-state index contributed by atoms with van der Waals surface area (Å²) in [4.78, 5) is 2.39. The van der Waals surface area contributed by atoms with Crippen LogP contribution in [-0.4, -0.2) is 47.0 Å². The summed E-state index contributed by atoms with van der Waals surface area (Å²) >= 11 is 0. The summed E-state index contributed by atoms with van der Waals surface area (Å²) in [6.45, 7) is 3.04. The molecule has 1 heterocycles. The van der Waals surface area contributed by atoms with Crippen LogP contribution in [-0.2, 0) is 0 Å². The van der Waals surface area contributed by atoms with Crippen LogP contribution in [0.4, 0.5) is 0 Å². The van der Waals surface area contributed by atoms with E-state index in [-0.39, 0.29) is 12.2 Å². The highest BCUT2D eigenvalue weighted by molar-refractivity contribution is 4.81. The molecule has 0 radical (unpaired) electrons. The van der Waals surface area contributed by atoms with E-state index in [9.17, 15) is 10.2 Å². The van der Waals surface area contributed by atoms with Gasteiger partial charge in [0.25, 0.3) is 0 Å². The third-order valence-electron chi connectivity index (χ3n) is 3.67. The van der Waals surface area contributed by atoms with E-state index < -0.39 is 0 Å². The van der Waals surface area contributed by atoms with Crippen molar-refractivity contribution < 1.29 is 10.2 Å². The molecule has 3 heteroatoms. The van der Waals surface area contributed by atoms with Crippen molar-refractivity contribution in [3.05, 3.63) is 0 Å². The molecule has 0 aromatic heterocycles. The highest BCUT2D eigenvalue weighted by atomic mass is 16.3. The fraction of sp³-hybridized carbons (Fsp3) is 1.00. The van der Waals surface area contributed by atoms with Gasteiger partial charge in [-0.3, -0.25) is 0 Å². The first-order valence-electron chi connectivity index (χ1n) is 5.84. The molecule has 1 aliphatic heterocycles. The van der Waals surface area contributed by atoms with Gasteiger partial charge in [-0.15, -0.1) is 0 Å². The number of aliphatic hydroxyl groups excluding tert-OH is 2. The maximum absolute atomic E-state index is 9.70. The van der Waals surface area contributed by atoms with E-state index in [0.717, 1.165) is 38.9 Å². The van der Waals surface area contributed by atoms with Crippen molar-refractivity contribution in [2.24, 2.45) is 5.92 Å². The van der Waals surface area contributed by atoms with E-state index in [4.69, 9.17) is 0 Å². The molecule has 0 bridgehead atoms. The highest BCUT2D eigenvalue weighted by Gasteiger charge is 2.28. The van der Waals surface area contributed by atoms with Gasteiger partial charge in [0.05, 0.1) is 12.2 Å². The number of piperidine rings is 1. The molecule has 14 heavy (non-hydrogen) atoms. The van der Waals surface area contributed by atoms with Crippen molar-refractivity contribution in [1.29, 1.82) is 0 Å². The Balaban J connectivity index is 1.74. The maximum atomic E-state index is 9.70. The average molecular weight is 199 g/mol. The van der Waals surface area contributed by atoms with Crippen LogP contribution in [0.2, 0.25) is 0 Å². The lowest BCUT2D eigenvalue weighted by molar-refractivity contribution is 0.0544. The molecule has 82 valence electrons. The summed E-state index contributed by atoms with van der Waals surface area (Å²) in [5.41, 5.74) is 0. The van der Waals surface area contributed by atoms with E-state index in [2.05, 4.69) is 4.90 Å². The van der Waals surface area contributed by atoms with Crippen molar-refractivity contribution in [1.82, 2.24) is 4.90 Å². The van der Waals surface area contributed by atoms with E-state index in [0.29, 0.717) is 5.92 Å². The third-order valence-corrected chi connectivity index (χ3v) is 3.67. The molecule has 2 atom stereocenters. The Labute approximate surface area is 85.7 Å². The highest BCUT2D eigenvalue weighted by Crippen LogP contribution is 2.27. The van der Waals surface area contributed by atoms with E-state index in [1.54, 1.807) is 0 Å². The lowest BCUT2D eigenvalue weighted by Crippen LogP contribution is -2.40. The van der Waals surface area contributed by atoms with Crippen LogP contribution in [0.3, 0.4) is 0 Å². The number of hydrogen-bond acceptors (Lipinski definition) is 3. The van der Waals surface area contributed by atoms with E-state index >= 15 is 0 Å². The Morgan fingerprint density at radius 1 is 1.00 bits per heavy atom. The van der Waals surface area contributed by atoms with Gasteiger partial charge in [0, 0.05) is 19.6 Å². The summed E-state index contributed by atoms with van der Waals surface area (Å²) in [6.07, 6.45) is 5.01. The molecule has 2 unspecified atom stereocenters. The first kappa shape index (κ1) is 10.4. The molecule has 1 saturated carbocycles. The zero-order chi connectivity index (χ0) is 9.97. The molecule has 0 aromatic carbocycles. The Bertz CT molecular complexity index is 178. The smallest absolute Gasteiger partial charge is 0.0580 e. The second kappa shape index (κ2) is 4.60. The normalized spacial score (nSPS) is 36.4. The quantitative estimate of drug-likeness (QED) is 0.684. The van der Waals surface area contributed by atoms with Gasteiger partial charge in [-0.1, -0.05) is 6.42 Å². The first-order chi connectivity index (χ1) is 6.75. The largest absolute Gasteiger partial charge is 0.393 e. The fourth-order valence-corrected chi connectivity index (χ4v) is 2.66. The van der Waals surface area contributed by atoms with Gasteiger partial charge in [-0.25, -0.2) is 0 Å². The molecular weight excluding hydrogens is 178 g/mol. The Morgan fingerprint density at radius 3 is 2.29 bits per heavy atom. The Morgan fingerprint density at radius 2 is 1.71 bits per heavy atom. The van der Waals surface area contributed by atoms with E-state index in [1.165, 1.54) is 12.8 Å².